The number of phenols is 1. The third-order valence-electron chi connectivity index (χ3n) is 6.73. The van der Waals surface area contributed by atoms with Gasteiger partial charge in [0.25, 0.3) is 5.91 Å². The van der Waals surface area contributed by atoms with Gasteiger partial charge in [-0.3, -0.25) is 4.79 Å². The monoisotopic (exact) mass is 522 g/mol. The van der Waals surface area contributed by atoms with Gasteiger partial charge in [-0.25, -0.2) is 4.79 Å². The number of ether oxygens (including phenoxy) is 2. The van der Waals surface area contributed by atoms with Crippen LogP contribution in [0.25, 0.3) is 5.57 Å². The van der Waals surface area contributed by atoms with Gasteiger partial charge < -0.3 is 24.4 Å². The summed E-state index contributed by atoms with van der Waals surface area (Å²) in [5.41, 5.74) is 2.34. The molecule has 0 saturated carbocycles. The van der Waals surface area contributed by atoms with Crippen LogP contribution in [0.2, 0.25) is 0 Å². The molecule has 0 aromatic heterocycles. The molecule has 1 N–H and O–H groups in total. The van der Waals surface area contributed by atoms with Crippen molar-refractivity contribution in [3.8, 4) is 11.5 Å². The lowest BCUT2D eigenvalue weighted by Crippen LogP contribution is -2.50. The Balaban J connectivity index is 0.00000195. The minimum absolute atomic E-state index is 0.0174. The zero-order valence-electron chi connectivity index (χ0n) is 23.8. The van der Waals surface area contributed by atoms with Gasteiger partial charge in [0, 0.05) is 56.2 Å². The molecule has 2 aliphatic heterocycles. The van der Waals surface area contributed by atoms with Crippen molar-refractivity contribution < 1.29 is 24.2 Å². The summed E-state index contributed by atoms with van der Waals surface area (Å²) in [5.74, 6) is 0.766. The van der Waals surface area contributed by atoms with Crippen LogP contribution in [0.1, 0.15) is 82.8 Å². The largest absolute Gasteiger partial charge is 0.508 e. The molecular formula is C31H42N2O5. The molecule has 0 bridgehead atoms. The van der Waals surface area contributed by atoms with Gasteiger partial charge in [-0.05, 0) is 76.1 Å². The predicted molar refractivity (Wildman–Crippen MR) is 151 cm³/mol. The summed E-state index contributed by atoms with van der Waals surface area (Å²) in [7, 11) is 0. The average molecular weight is 523 g/mol. The van der Waals surface area contributed by atoms with Crippen molar-refractivity contribution in [3.63, 3.8) is 0 Å². The molecule has 7 heteroatoms. The lowest BCUT2D eigenvalue weighted by Gasteiger charge is -2.43. The zero-order chi connectivity index (χ0) is 28.1. The smallest absolute Gasteiger partial charge is 0.410 e. The van der Waals surface area contributed by atoms with Crippen LogP contribution in [0, 0.1) is 0 Å². The first-order valence-electron chi connectivity index (χ1n) is 13.7. The standard InChI is InChI=1S/C29H36N2O5.C2H6/c1-6-30(7-2)26(33)21-10-8-20(9-11-21)24-19-29(35-25-18-22(32)12-13-23(24)25)14-16-31(17-15-29)27(34)36-28(3,4)5;1-2/h8-13,18-19,32H,6-7,14-17H2,1-5H3;1-2H3. The fraction of sp³-hybridized carbons (Fsp3) is 0.484. The summed E-state index contributed by atoms with van der Waals surface area (Å²) in [4.78, 5) is 28.9. The summed E-state index contributed by atoms with van der Waals surface area (Å²) in [6.45, 7) is 15.9. The molecule has 2 aliphatic rings. The van der Waals surface area contributed by atoms with E-state index in [4.69, 9.17) is 9.47 Å². The van der Waals surface area contributed by atoms with E-state index in [1.807, 2.05) is 78.8 Å². The van der Waals surface area contributed by atoms with E-state index in [2.05, 4.69) is 6.08 Å². The number of phenolic OH excluding ortho intramolecular Hbond substituents is 1. The van der Waals surface area contributed by atoms with Gasteiger partial charge in [-0.15, -0.1) is 0 Å². The second-order valence-electron chi connectivity index (χ2n) is 10.4. The van der Waals surface area contributed by atoms with E-state index in [1.54, 1.807) is 21.9 Å². The number of carbonyl (C=O) groups is 2. The van der Waals surface area contributed by atoms with Crippen molar-refractivity contribution in [3.05, 3.63) is 65.2 Å². The Labute approximate surface area is 227 Å². The first-order valence-corrected chi connectivity index (χ1v) is 13.7. The van der Waals surface area contributed by atoms with Crippen LogP contribution in [0.4, 0.5) is 4.79 Å². The van der Waals surface area contributed by atoms with Crippen LogP contribution in [-0.4, -0.2) is 64.3 Å². The van der Waals surface area contributed by atoms with Crippen LogP contribution >= 0.6 is 0 Å². The van der Waals surface area contributed by atoms with Crippen LogP contribution in [-0.2, 0) is 4.74 Å². The first-order chi connectivity index (χ1) is 18.0. The van der Waals surface area contributed by atoms with Crippen molar-refractivity contribution in [1.82, 2.24) is 9.80 Å². The number of hydrogen-bond acceptors (Lipinski definition) is 5. The molecule has 2 aromatic rings. The number of hydrogen-bond donors (Lipinski definition) is 1. The van der Waals surface area contributed by atoms with Crippen molar-refractivity contribution in [2.24, 2.45) is 0 Å². The van der Waals surface area contributed by atoms with E-state index >= 15 is 0 Å². The highest BCUT2D eigenvalue weighted by molar-refractivity contribution is 5.95. The quantitative estimate of drug-likeness (QED) is 0.496. The highest BCUT2D eigenvalue weighted by atomic mass is 16.6. The molecule has 0 radical (unpaired) electrons. The Bertz CT molecular complexity index is 1150. The third kappa shape index (κ3) is 6.50. The maximum absolute atomic E-state index is 12.8. The number of likely N-dealkylation sites (tertiary alicyclic amines) is 1. The summed E-state index contributed by atoms with van der Waals surface area (Å²) in [6.07, 6.45) is 3.02. The second kappa shape index (κ2) is 11.9. The Morgan fingerprint density at radius 1 is 1.03 bits per heavy atom. The molecule has 4 rings (SSSR count). The highest BCUT2D eigenvalue weighted by Crippen LogP contribution is 2.44. The van der Waals surface area contributed by atoms with E-state index in [0.29, 0.717) is 50.3 Å². The lowest BCUT2D eigenvalue weighted by molar-refractivity contribution is -0.00119. The number of benzene rings is 2. The van der Waals surface area contributed by atoms with E-state index in [-0.39, 0.29) is 17.7 Å². The molecule has 0 aliphatic carbocycles. The van der Waals surface area contributed by atoms with Gasteiger partial charge >= 0.3 is 6.09 Å². The van der Waals surface area contributed by atoms with E-state index in [9.17, 15) is 14.7 Å². The number of aromatic hydroxyl groups is 1. The van der Waals surface area contributed by atoms with Crippen molar-refractivity contribution in [2.45, 2.75) is 72.5 Å². The molecule has 206 valence electrons. The van der Waals surface area contributed by atoms with E-state index < -0.39 is 11.2 Å². The van der Waals surface area contributed by atoms with Crippen LogP contribution in [0.15, 0.2) is 48.5 Å². The van der Waals surface area contributed by atoms with Crippen LogP contribution in [0.5, 0.6) is 11.5 Å². The second-order valence-corrected chi connectivity index (χ2v) is 10.4. The molecule has 1 spiro atoms. The Morgan fingerprint density at radius 3 is 2.18 bits per heavy atom. The Hall–Kier alpha value is -3.48. The van der Waals surface area contributed by atoms with E-state index in [0.717, 1.165) is 16.7 Å². The fourth-order valence-electron chi connectivity index (χ4n) is 4.77. The minimum Gasteiger partial charge on any atom is -0.508 e. The summed E-state index contributed by atoms with van der Waals surface area (Å²) in [5, 5.41) is 10.1. The molecule has 0 atom stereocenters. The molecular weight excluding hydrogens is 480 g/mol. The Morgan fingerprint density at radius 2 is 1.63 bits per heavy atom. The molecule has 7 nitrogen and oxygen atoms in total. The topological polar surface area (TPSA) is 79.3 Å². The maximum Gasteiger partial charge on any atom is 0.410 e. The minimum atomic E-state index is -0.607. The molecule has 1 saturated heterocycles. The van der Waals surface area contributed by atoms with Gasteiger partial charge in [-0.1, -0.05) is 26.0 Å². The number of piperidine rings is 1. The van der Waals surface area contributed by atoms with Gasteiger partial charge in [0.05, 0.1) is 0 Å². The number of nitrogens with zero attached hydrogens (tertiary/aromatic N) is 2. The number of fused-ring (bicyclic) bond motifs is 1. The van der Waals surface area contributed by atoms with Crippen molar-refractivity contribution in [1.29, 1.82) is 0 Å². The molecule has 0 unspecified atom stereocenters. The normalized spacial score (nSPS) is 15.9. The predicted octanol–water partition coefficient (Wildman–Crippen LogP) is 6.49. The van der Waals surface area contributed by atoms with Gasteiger partial charge in [0.2, 0.25) is 0 Å². The van der Waals surface area contributed by atoms with Gasteiger partial charge in [0.15, 0.2) is 0 Å². The third-order valence-corrected chi connectivity index (χ3v) is 6.73. The highest BCUT2D eigenvalue weighted by Gasteiger charge is 2.41. The number of amides is 2. The lowest BCUT2D eigenvalue weighted by atomic mass is 9.83. The Kier molecular flexibility index (Phi) is 9.13. The van der Waals surface area contributed by atoms with Gasteiger partial charge in [0.1, 0.15) is 22.7 Å². The van der Waals surface area contributed by atoms with Crippen molar-refractivity contribution >= 4 is 17.6 Å². The van der Waals surface area contributed by atoms with Gasteiger partial charge in [-0.2, -0.15) is 0 Å². The zero-order valence-corrected chi connectivity index (χ0v) is 23.8. The summed E-state index contributed by atoms with van der Waals surface area (Å²) >= 11 is 0. The number of rotatable bonds is 4. The molecule has 38 heavy (non-hydrogen) atoms. The first kappa shape index (κ1) is 29.1. The molecule has 2 heterocycles. The summed E-state index contributed by atoms with van der Waals surface area (Å²) < 4.78 is 12.0. The van der Waals surface area contributed by atoms with Crippen LogP contribution < -0.4 is 4.74 Å². The maximum atomic E-state index is 12.8. The number of carbonyl (C=O) groups excluding carboxylic acids is 2. The SMILES string of the molecule is CC.CCN(CC)C(=O)c1ccc(C2=CC3(CCN(C(=O)OC(C)(C)C)CC3)Oc3cc(O)ccc32)cc1. The average Bonchev–Trinajstić information content (AvgIpc) is 2.89. The molecule has 1 fully saturated rings. The van der Waals surface area contributed by atoms with E-state index in [1.165, 1.54) is 0 Å². The molecule has 2 aromatic carbocycles. The molecule has 2 amide bonds. The van der Waals surface area contributed by atoms with Crippen molar-refractivity contribution in [2.75, 3.05) is 26.2 Å². The fourth-order valence-corrected chi connectivity index (χ4v) is 4.77. The summed E-state index contributed by atoms with van der Waals surface area (Å²) in [6, 6.07) is 12.8. The van der Waals surface area contributed by atoms with Crippen LogP contribution in [0.3, 0.4) is 0 Å².